The summed E-state index contributed by atoms with van der Waals surface area (Å²) in [7, 11) is 1.27. The maximum Gasteiger partial charge on any atom is 0.330 e. The van der Waals surface area contributed by atoms with Crippen LogP contribution in [-0.2, 0) is 16.0 Å². The van der Waals surface area contributed by atoms with Crippen molar-refractivity contribution in [2.75, 3.05) is 20.2 Å². The van der Waals surface area contributed by atoms with Gasteiger partial charge < -0.3 is 19.8 Å². The van der Waals surface area contributed by atoms with Gasteiger partial charge in [-0.2, -0.15) is 0 Å². The summed E-state index contributed by atoms with van der Waals surface area (Å²) in [6.07, 6.45) is 4.54. The molecule has 0 saturated carbocycles. The van der Waals surface area contributed by atoms with E-state index in [1.165, 1.54) is 25.5 Å². The third-order valence-electron chi connectivity index (χ3n) is 3.54. The van der Waals surface area contributed by atoms with Crippen LogP contribution in [0.5, 0.6) is 0 Å². The van der Waals surface area contributed by atoms with Crippen molar-refractivity contribution in [2.45, 2.75) is 20.3 Å². The van der Waals surface area contributed by atoms with E-state index in [9.17, 15) is 14.4 Å². The lowest BCUT2D eigenvalue weighted by Crippen LogP contribution is -2.32. The van der Waals surface area contributed by atoms with Crippen molar-refractivity contribution in [2.24, 2.45) is 5.41 Å². The maximum absolute atomic E-state index is 12.2. The van der Waals surface area contributed by atoms with Gasteiger partial charge in [-0.15, -0.1) is 0 Å². The summed E-state index contributed by atoms with van der Waals surface area (Å²) in [4.78, 5) is 35.4. The number of fused-ring (bicyclic) bond motifs is 1. The first-order valence-electron chi connectivity index (χ1n) is 7.25. The zero-order valence-electron chi connectivity index (χ0n) is 13.4. The summed E-state index contributed by atoms with van der Waals surface area (Å²) in [5, 5.41) is 5.41. The average Bonchev–Trinajstić information content (AvgIpc) is 2.87. The Morgan fingerprint density at radius 1 is 1.48 bits per heavy atom. The second-order valence-electron chi connectivity index (χ2n) is 6.11. The summed E-state index contributed by atoms with van der Waals surface area (Å²) in [6, 6.07) is 0. The molecule has 7 heteroatoms. The van der Waals surface area contributed by atoms with Crippen molar-refractivity contribution in [3.63, 3.8) is 0 Å². The van der Waals surface area contributed by atoms with Crippen molar-refractivity contribution < 1.29 is 23.5 Å². The van der Waals surface area contributed by atoms with Gasteiger partial charge in [-0.25, -0.2) is 4.79 Å². The predicted molar refractivity (Wildman–Crippen MR) is 82.0 cm³/mol. The molecule has 2 heterocycles. The molecule has 23 heavy (non-hydrogen) atoms. The van der Waals surface area contributed by atoms with E-state index in [0.29, 0.717) is 18.7 Å². The van der Waals surface area contributed by atoms with Crippen LogP contribution in [0.1, 0.15) is 40.3 Å². The van der Waals surface area contributed by atoms with E-state index in [1.807, 2.05) is 13.8 Å². The molecule has 0 aromatic carbocycles. The number of carbonyl (C=O) groups is 3. The van der Waals surface area contributed by atoms with Crippen LogP contribution in [-0.4, -0.2) is 38.0 Å². The minimum atomic E-state index is -0.502. The highest BCUT2D eigenvalue weighted by molar-refractivity contribution is 6.08. The molecule has 0 radical (unpaired) electrons. The normalized spacial score (nSPS) is 16.4. The van der Waals surface area contributed by atoms with Crippen molar-refractivity contribution in [3.8, 4) is 0 Å². The summed E-state index contributed by atoms with van der Waals surface area (Å²) in [5.74, 6) is -0.729. The molecule has 0 saturated heterocycles. The zero-order valence-corrected chi connectivity index (χ0v) is 13.4. The molecule has 0 aliphatic carbocycles. The van der Waals surface area contributed by atoms with Gasteiger partial charge in [0.2, 0.25) is 0 Å². The molecule has 0 bridgehead atoms. The summed E-state index contributed by atoms with van der Waals surface area (Å²) in [5.41, 5.74) is 0.335. The molecule has 124 valence electrons. The van der Waals surface area contributed by atoms with E-state index in [1.54, 1.807) is 0 Å². The van der Waals surface area contributed by atoms with Gasteiger partial charge in [0.1, 0.15) is 12.0 Å². The Morgan fingerprint density at radius 2 is 2.22 bits per heavy atom. The lowest BCUT2D eigenvalue weighted by Gasteiger charge is -2.20. The number of hydrogen-bond donors (Lipinski definition) is 2. The maximum atomic E-state index is 12.2. The van der Waals surface area contributed by atoms with E-state index < -0.39 is 11.9 Å². The van der Waals surface area contributed by atoms with Gasteiger partial charge in [0.15, 0.2) is 0 Å². The van der Waals surface area contributed by atoms with Crippen LogP contribution < -0.4 is 10.6 Å². The molecule has 7 nitrogen and oxygen atoms in total. The molecule has 0 atom stereocenters. The fourth-order valence-electron chi connectivity index (χ4n) is 2.32. The van der Waals surface area contributed by atoms with Crippen LogP contribution in [0.2, 0.25) is 0 Å². The summed E-state index contributed by atoms with van der Waals surface area (Å²) < 4.78 is 9.89. The number of amides is 2. The Labute approximate surface area is 134 Å². The number of ether oxygens (including phenoxy) is 1. The summed E-state index contributed by atoms with van der Waals surface area (Å²) >= 11 is 0. The minimum Gasteiger partial charge on any atom is -0.468 e. The Balaban J connectivity index is 2.11. The van der Waals surface area contributed by atoms with E-state index >= 15 is 0 Å². The average molecular weight is 320 g/mol. The van der Waals surface area contributed by atoms with E-state index in [2.05, 4.69) is 15.4 Å². The number of hydrogen-bond acceptors (Lipinski definition) is 5. The van der Waals surface area contributed by atoms with Gasteiger partial charge in [0.05, 0.1) is 18.2 Å². The molecule has 1 aromatic heterocycles. The molecule has 1 aliphatic heterocycles. The number of methoxy groups -OCH3 is 1. The standard InChI is InChI=1S/C16H20N2O5/c1-16(2)7-11-13(15(21)18-9-16)10(8-23-11)14(20)17-6-4-5-12(19)22-3/h4-5,8H,6-7,9H2,1-3H3,(H,17,20)(H,18,21)/b5-4+. The highest BCUT2D eigenvalue weighted by Gasteiger charge is 2.33. The number of furan rings is 1. The quantitative estimate of drug-likeness (QED) is 0.638. The predicted octanol–water partition coefficient (Wildman–Crippen LogP) is 1.05. The third kappa shape index (κ3) is 4.00. The SMILES string of the molecule is COC(=O)/C=C/CNC(=O)c1coc2c1C(=O)NCC(C)(C)C2. The highest BCUT2D eigenvalue weighted by atomic mass is 16.5. The van der Waals surface area contributed by atoms with Crippen LogP contribution in [0, 0.1) is 5.41 Å². The third-order valence-corrected chi connectivity index (χ3v) is 3.54. The fourth-order valence-corrected chi connectivity index (χ4v) is 2.32. The van der Waals surface area contributed by atoms with E-state index in [0.717, 1.165) is 0 Å². The number of esters is 1. The topological polar surface area (TPSA) is 97.6 Å². The molecule has 2 amide bonds. The van der Waals surface area contributed by atoms with Gasteiger partial charge in [-0.05, 0) is 5.41 Å². The first-order chi connectivity index (χ1) is 10.8. The van der Waals surface area contributed by atoms with Crippen LogP contribution in [0.4, 0.5) is 0 Å². The zero-order chi connectivity index (χ0) is 17.0. The van der Waals surface area contributed by atoms with Crippen LogP contribution in [0.25, 0.3) is 0 Å². The Morgan fingerprint density at radius 3 is 2.91 bits per heavy atom. The lowest BCUT2D eigenvalue weighted by atomic mass is 9.88. The molecule has 0 fully saturated rings. The molecule has 2 rings (SSSR count). The van der Waals surface area contributed by atoms with Gasteiger partial charge >= 0.3 is 5.97 Å². The fraction of sp³-hybridized carbons (Fsp3) is 0.438. The Bertz CT molecular complexity index is 657. The molecule has 1 aromatic rings. The largest absolute Gasteiger partial charge is 0.468 e. The second kappa shape index (κ2) is 6.68. The number of rotatable bonds is 4. The molecule has 0 spiro atoms. The van der Waals surface area contributed by atoms with Crippen LogP contribution in [0.15, 0.2) is 22.8 Å². The number of nitrogens with one attached hydrogen (secondary N) is 2. The van der Waals surface area contributed by atoms with Crippen molar-refractivity contribution in [1.29, 1.82) is 0 Å². The van der Waals surface area contributed by atoms with Crippen molar-refractivity contribution in [3.05, 3.63) is 35.3 Å². The molecule has 1 aliphatic rings. The molecule has 0 unspecified atom stereocenters. The molecular formula is C16H20N2O5. The first kappa shape index (κ1) is 16.8. The van der Waals surface area contributed by atoms with Gasteiger partial charge in [-0.3, -0.25) is 9.59 Å². The van der Waals surface area contributed by atoms with Crippen molar-refractivity contribution in [1.82, 2.24) is 10.6 Å². The minimum absolute atomic E-state index is 0.140. The number of carbonyl (C=O) groups excluding carboxylic acids is 3. The monoisotopic (exact) mass is 320 g/mol. The van der Waals surface area contributed by atoms with Crippen LogP contribution >= 0.6 is 0 Å². The first-order valence-corrected chi connectivity index (χ1v) is 7.25. The molecular weight excluding hydrogens is 300 g/mol. The van der Waals surface area contributed by atoms with E-state index in [-0.39, 0.29) is 29.0 Å². The van der Waals surface area contributed by atoms with Gasteiger partial charge in [0.25, 0.3) is 11.8 Å². The molecule has 2 N–H and O–H groups in total. The van der Waals surface area contributed by atoms with E-state index in [4.69, 9.17) is 4.42 Å². The Hall–Kier alpha value is -2.57. The smallest absolute Gasteiger partial charge is 0.330 e. The van der Waals surface area contributed by atoms with Gasteiger partial charge in [-0.1, -0.05) is 19.9 Å². The second-order valence-corrected chi connectivity index (χ2v) is 6.11. The van der Waals surface area contributed by atoms with Gasteiger partial charge in [0, 0.05) is 25.6 Å². The Kier molecular flexibility index (Phi) is 4.88. The van der Waals surface area contributed by atoms with Crippen LogP contribution in [0.3, 0.4) is 0 Å². The van der Waals surface area contributed by atoms with Crippen molar-refractivity contribution >= 4 is 17.8 Å². The summed E-state index contributed by atoms with van der Waals surface area (Å²) in [6.45, 7) is 4.68. The highest BCUT2D eigenvalue weighted by Crippen LogP contribution is 2.29. The lowest BCUT2D eigenvalue weighted by molar-refractivity contribution is -0.134.